The molecule has 0 aliphatic carbocycles. The van der Waals surface area contributed by atoms with E-state index in [-0.39, 0.29) is 12.8 Å². The van der Waals surface area contributed by atoms with Gasteiger partial charge in [0, 0.05) is 29.9 Å². The minimum absolute atomic E-state index is 0.203. The van der Waals surface area contributed by atoms with Crippen molar-refractivity contribution >= 4 is 28.9 Å². The van der Waals surface area contributed by atoms with Crippen LogP contribution in [0.25, 0.3) is 10.9 Å². The zero-order valence-electron chi connectivity index (χ0n) is 19.9. The van der Waals surface area contributed by atoms with E-state index in [0.29, 0.717) is 0 Å². The molecule has 0 aliphatic rings. The summed E-state index contributed by atoms with van der Waals surface area (Å²) in [4.78, 5) is 41.4. The number of amides is 2. The third-order valence-corrected chi connectivity index (χ3v) is 5.19. The second-order valence-corrected chi connectivity index (χ2v) is 9.04. The van der Waals surface area contributed by atoms with E-state index in [2.05, 4.69) is 15.6 Å². The summed E-state index contributed by atoms with van der Waals surface area (Å²) in [5.74, 6) is -1.08. The molecule has 0 spiro atoms. The van der Waals surface area contributed by atoms with Gasteiger partial charge in [-0.15, -0.1) is 0 Å². The van der Waals surface area contributed by atoms with Crippen LogP contribution in [0.5, 0.6) is 0 Å². The fraction of sp³-hybridized carbons (Fsp3) is 0.346. The van der Waals surface area contributed by atoms with Crippen LogP contribution in [0.15, 0.2) is 60.8 Å². The van der Waals surface area contributed by atoms with Gasteiger partial charge in [0.2, 0.25) is 5.91 Å². The first-order chi connectivity index (χ1) is 16.2. The van der Waals surface area contributed by atoms with Crippen LogP contribution in [0.1, 0.15) is 31.9 Å². The Bertz CT molecular complexity index is 1130. The molecule has 3 rings (SSSR count). The molecule has 3 N–H and O–H groups in total. The lowest BCUT2D eigenvalue weighted by Crippen LogP contribution is -2.53. The minimum atomic E-state index is -0.975. The molecular formula is C26H31N3O5. The van der Waals surface area contributed by atoms with Gasteiger partial charge in [-0.05, 0) is 38.0 Å². The SMILES string of the molecule is COC(=O)[C@H](Cc1ccccc1)NC(=O)C(Cc1c[nH]c2ccccc12)NC(=O)OC(C)(C)C. The lowest BCUT2D eigenvalue weighted by atomic mass is 10.0. The van der Waals surface area contributed by atoms with Gasteiger partial charge in [-0.3, -0.25) is 4.79 Å². The maximum absolute atomic E-state index is 13.3. The van der Waals surface area contributed by atoms with Crippen molar-refractivity contribution in [3.8, 4) is 0 Å². The number of aromatic nitrogens is 1. The smallest absolute Gasteiger partial charge is 0.408 e. The Balaban J connectivity index is 1.83. The zero-order chi connectivity index (χ0) is 24.7. The Morgan fingerprint density at radius 1 is 0.912 bits per heavy atom. The second kappa shape index (κ2) is 10.9. The van der Waals surface area contributed by atoms with E-state index in [1.165, 1.54) is 7.11 Å². The van der Waals surface area contributed by atoms with Crippen LogP contribution in [-0.2, 0) is 31.9 Å². The molecule has 0 saturated heterocycles. The molecule has 1 unspecified atom stereocenters. The van der Waals surface area contributed by atoms with Crippen molar-refractivity contribution in [1.82, 2.24) is 15.6 Å². The number of benzene rings is 2. The predicted molar refractivity (Wildman–Crippen MR) is 129 cm³/mol. The van der Waals surface area contributed by atoms with Crippen LogP contribution in [-0.4, -0.2) is 47.7 Å². The van der Waals surface area contributed by atoms with Crippen molar-refractivity contribution in [1.29, 1.82) is 0 Å². The van der Waals surface area contributed by atoms with E-state index in [1.54, 1.807) is 20.8 Å². The van der Waals surface area contributed by atoms with Crippen LogP contribution in [0.3, 0.4) is 0 Å². The number of carbonyl (C=O) groups is 3. The molecule has 2 aromatic carbocycles. The van der Waals surface area contributed by atoms with Crippen molar-refractivity contribution in [3.63, 3.8) is 0 Å². The molecule has 2 amide bonds. The number of carbonyl (C=O) groups excluding carboxylic acids is 3. The summed E-state index contributed by atoms with van der Waals surface area (Å²) < 4.78 is 10.3. The van der Waals surface area contributed by atoms with E-state index in [9.17, 15) is 14.4 Å². The van der Waals surface area contributed by atoms with Gasteiger partial charge in [0.1, 0.15) is 17.7 Å². The molecule has 180 valence electrons. The highest BCUT2D eigenvalue weighted by Crippen LogP contribution is 2.19. The summed E-state index contributed by atoms with van der Waals surface area (Å²) in [5.41, 5.74) is 1.91. The van der Waals surface area contributed by atoms with Gasteiger partial charge in [-0.25, -0.2) is 9.59 Å². The van der Waals surface area contributed by atoms with Crippen molar-refractivity contribution in [2.75, 3.05) is 7.11 Å². The van der Waals surface area contributed by atoms with Gasteiger partial charge >= 0.3 is 12.1 Å². The first kappa shape index (κ1) is 24.8. The number of hydrogen-bond donors (Lipinski definition) is 3. The largest absolute Gasteiger partial charge is 0.467 e. The molecule has 34 heavy (non-hydrogen) atoms. The standard InChI is InChI=1S/C26H31N3O5/c1-26(2,3)34-25(32)29-21(15-18-16-27-20-13-9-8-12-19(18)20)23(30)28-22(24(31)33-4)14-17-10-6-5-7-11-17/h5-13,16,21-22,27H,14-15H2,1-4H3,(H,28,30)(H,29,32)/t21?,22-/m0/s1. The highest BCUT2D eigenvalue weighted by molar-refractivity contribution is 5.91. The summed E-state index contributed by atoms with van der Waals surface area (Å²) in [7, 11) is 1.27. The summed E-state index contributed by atoms with van der Waals surface area (Å²) in [5, 5.41) is 6.36. The number of esters is 1. The fourth-order valence-electron chi connectivity index (χ4n) is 3.64. The molecule has 3 aromatic rings. The first-order valence-electron chi connectivity index (χ1n) is 11.1. The minimum Gasteiger partial charge on any atom is -0.467 e. The molecule has 1 aromatic heterocycles. The number of rotatable bonds is 8. The molecule has 1 heterocycles. The van der Waals surface area contributed by atoms with Crippen LogP contribution in [0.2, 0.25) is 0 Å². The van der Waals surface area contributed by atoms with Crippen molar-refractivity contribution in [3.05, 3.63) is 71.9 Å². The van der Waals surface area contributed by atoms with Gasteiger partial charge < -0.3 is 25.1 Å². The number of para-hydroxylation sites is 1. The number of H-pyrrole nitrogens is 1. The van der Waals surface area contributed by atoms with Gasteiger partial charge in [0.15, 0.2) is 0 Å². The van der Waals surface area contributed by atoms with E-state index in [1.807, 2.05) is 60.8 Å². The average Bonchev–Trinajstić information content (AvgIpc) is 3.20. The monoisotopic (exact) mass is 465 g/mol. The maximum atomic E-state index is 13.3. The van der Waals surface area contributed by atoms with Crippen molar-refractivity contribution in [2.24, 2.45) is 0 Å². The number of methoxy groups -OCH3 is 1. The predicted octanol–water partition coefficient (Wildman–Crippen LogP) is 3.50. The number of aromatic amines is 1. The quantitative estimate of drug-likeness (QED) is 0.441. The van der Waals surface area contributed by atoms with Crippen LogP contribution < -0.4 is 10.6 Å². The average molecular weight is 466 g/mol. The molecule has 0 bridgehead atoms. The highest BCUT2D eigenvalue weighted by atomic mass is 16.6. The Morgan fingerprint density at radius 2 is 1.59 bits per heavy atom. The molecule has 8 heteroatoms. The molecule has 0 radical (unpaired) electrons. The summed E-state index contributed by atoms with van der Waals surface area (Å²) in [6.45, 7) is 5.23. The third-order valence-electron chi connectivity index (χ3n) is 5.19. The number of ether oxygens (including phenoxy) is 2. The maximum Gasteiger partial charge on any atom is 0.408 e. The Labute approximate surface area is 199 Å². The van der Waals surface area contributed by atoms with Gasteiger partial charge in [0.05, 0.1) is 7.11 Å². The van der Waals surface area contributed by atoms with Gasteiger partial charge in [0.25, 0.3) is 0 Å². The Morgan fingerprint density at radius 3 is 2.26 bits per heavy atom. The third kappa shape index (κ3) is 6.84. The topological polar surface area (TPSA) is 110 Å². The second-order valence-electron chi connectivity index (χ2n) is 9.04. The number of nitrogens with one attached hydrogen (secondary N) is 3. The van der Waals surface area contributed by atoms with E-state index in [0.717, 1.165) is 22.0 Å². The fourth-order valence-corrected chi connectivity index (χ4v) is 3.64. The normalized spacial score (nSPS) is 13.1. The zero-order valence-corrected chi connectivity index (χ0v) is 19.9. The van der Waals surface area contributed by atoms with Crippen LogP contribution >= 0.6 is 0 Å². The summed E-state index contributed by atoms with van der Waals surface area (Å²) in [6, 6.07) is 15.1. The summed E-state index contributed by atoms with van der Waals surface area (Å²) in [6.07, 6.45) is 1.55. The number of hydrogen-bond acceptors (Lipinski definition) is 5. The van der Waals surface area contributed by atoms with E-state index >= 15 is 0 Å². The summed E-state index contributed by atoms with van der Waals surface area (Å²) >= 11 is 0. The van der Waals surface area contributed by atoms with Gasteiger partial charge in [-0.1, -0.05) is 48.5 Å². The molecule has 0 saturated carbocycles. The molecule has 0 fully saturated rings. The number of fused-ring (bicyclic) bond motifs is 1. The van der Waals surface area contributed by atoms with Crippen molar-refractivity contribution < 1.29 is 23.9 Å². The van der Waals surface area contributed by atoms with E-state index < -0.39 is 35.7 Å². The van der Waals surface area contributed by atoms with Crippen LogP contribution in [0, 0.1) is 0 Å². The molecule has 0 aliphatic heterocycles. The van der Waals surface area contributed by atoms with Crippen molar-refractivity contribution in [2.45, 2.75) is 51.3 Å². The Kier molecular flexibility index (Phi) is 7.94. The Hall–Kier alpha value is -3.81. The van der Waals surface area contributed by atoms with Crippen LogP contribution in [0.4, 0.5) is 4.79 Å². The highest BCUT2D eigenvalue weighted by Gasteiger charge is 2.29. The lowest BCUT2D eigenvalue weighted by Gasteiger charge is -2.25. The molecular weight excluding hydrogens is 434 g/mol. The lowest BCUT2D eigenvalue weighted by molar-refractivity contribution is -0.145. The molecule has 8 nitrogen and oxygen atoms in total. The first-order valence-corrected chi connectivity index (χ1v) is 11.1. The molecule has 2 atom stereocenters. The number of alkyl carbamates (subject to hydrolysis) is 1. The van der Waals surface area contributed by atoms with Gasteiger partial charge in [-0.2, -0.15) is 0 Å². The van der Waals surface area contributed by atoms with E-state index in [4.69, 9.17) is 9.47 Å².